The van der Waals surface area contributed by atoms with Gasteiger partial charge in [-0.05, 0) is 111 Å². The Morgan fingerprint density at radius 3 is 1.87 bits per heavy atom. The van der Waals surface area contributed by atoms with Crippen LogP contribution in [0.3, 0.4) is 0 Å². The van der Waals surface area contributed by atoms with E-state index in [-0.39, 0.29) is 41.5 Å². The van der Waals surface area contributed by atoms with Gasteiger partial charge in [0.05, 0.1) is 46.6 Å². The Kier molecular flexibility index (Phi) is 8.10. The minimum Gasteiger partial charge on any atom is -0.503 e. The molecule has 7 rings (SSSR count). The second-order valence-corrected chi connectivity index (χ2v) is 15.0. The molecule has 6 atom stereocenters. The largest absolute Gasteiger partial charge is 0.503 e. The van der Waals surface area contributed by atoms with Gasteiger partial charge in [0.15, 0.2) is 11.5 Å². The summed E-state index contributed by atoms with van der Waals surface area (Å²) in [6.45, 7) is 3.68. The fourth-order valence-electron chi connectivity index (χ4n) is 7.88. The van der Waals surface area contributed by atoms with E-state index in [0.29, 0.717) is 42.3 Å². The maximum atomic E-state index is 14.4. The van der Waals surface area contributed by atoms with Crippen LogP contribution in [0.25, 0.3) is 0 Å². The van der Waals surface area contributed by atoms with Crippen molar-refractivity contribution in [3.63, 3.8) is 0 Å². The first-order valence-electron chi connectivity index (χ1n) is 15.1. The summed E-state index contributed by atoms with van der Waals surface area (Å²) in [6.07, 6.45) is 2.47. The number of imide groups is 2. The summed E-state index contributed by atoms with van der Waals surface area (Å²) >= 11 is 19.9. The molecular formula is C35H28Br2Cl2N2O6. The van der Waals surface area contributed by atoms with Gasteiger partial charge in [-0.1, -0.05) is 47.0 Å². The van der Waals surface area contributed by atoms with E-state index >= 15 is 0 Å². The van der Waals surface area contributed by atoms with Gasteiger partial charge in [-0.15, -0.1) is 0 Å². The highest BCUT2D eigenvalue weighted by Gasteiger charge is 2.62. The number of aromatic hydroxyl groups is 1. The number of phenolic OH excluding ortho intramolecular Hbond substituents is 1. The predicted molar refractivity (Wildman–Crippen MR) is 185 cm³/mol. The number of fused-ring (bicyclic) bond motifs is 4. The summed E-state index contributed by atoms with van der Waals surface area (Å²) in [5, 5.41) is 11.6. The summed E-state index contributed by atoms with van der Waals surface area (Å²) in [6, 6.07) is 11.8. The van der Waals surface area contributed by atoms with Gasteiger partial charge in [-0.2, -0.15) is 0 Å². The van der Waals surface area contributed by atoms with E-state index in [1.165, 1.54) is 16.9 Å². The Hall–Kier alpha value is -3.18. The Balaban J connectivity index is 1.38. The molecule has 47 heavy (non-hydrogen) atoms. The smallest absolute Gasteiger partial charge is 0.238 e. The molecule has 12 heteroatoms. The number of aryl methyl sites for hydroxylation is 2. The van der Waals surface area contributed by atoms with Crippen molar-refractivity contribution in [1.29, 1.82) is 0 Å². The van der Waals surface area contributed by atoms with Gasteiger partial charge < -0.3 is 9.84 Å². The van der Waals surface area contributed by atoms with Crippen LogP contribution in [0.5, 0.6) is 11.5 Å². The minimum absolute atomic E-state index is 0.126. The van der Waals surface area contributed by atoms with Gasteiger partial charge in [0.1, 0.15) is 0 Å². The molecular weight excluding hydrogens is 775 g/mol. The third-order valence-corrected chi connectivity index (χ3v) is 13.2. The van der Waals surface area contributed by atoms with Crippen LogP contribution < -0.4 is 14.5 Å². The van der Waals surface area contributed by atoms with E-state index in [4.69, 9.17) is 27.9 Å². The Morgan fingerprint density at radius 1 is 0.766 bits per heavy atom. The van der Waals surface area contributed by atoms with Gasteiger partial charge >= 0.3 is 0 Å². The summed E-state index contributed by atoms with van der Waals surface area (Å²) < 4.78 is 6.31. The number of carbonyl (C=O) groups excluding carboxylic acids is 4. The van der Waals surface area contributed by atoms with Gasteiger partial charge in [0.2, 0.25) is 23.6 Å². The van der Waals surface area contributed by atoms with E-state index in [9.17, 15) is 24.3 Å². The highest BCUT2D eigenvalue weighted by atomic mass is 79.9. The van der Waals surface area contributed by atoms with E-state index in [1.54, 1.807) is 42.5 Å². The lowest BCUT2D eigenvalue weighted by Gasteiger charge is -2.44. The molecule has 8 nitrogen and oxygen atoms in total. The Morgan fingerprint density at radius 2 is 1.32 bits per heavy atom. The molecule has 4 amide bonds. The number of carbonyl (C=O) groups is 4. The normalized spacial score (nSPS) is 26.7. The highest BCUT2D eigenvalue weighted by molar-refractivity contribution is 9.13. The van der Waals surface area contributed by atoms with Crippen molar-refractivity contribution in [3.8, 4) is 11.5 Å². The molecule has 0 aromatic heterocycles. The second-order valence-electron chi connectivity index (χ2n) is 12.6. The molecule has 3 fully saturated rings. The molecule has 1 N–H and O–H groups in total. The molecule has 2 heterocycles. The molecule has 1 saturated carbocycles. The molecule has 3 aromatic carbocycles. The number of methoxy groups -OCH3 is 1. The Labute approximate surface area is 297 Å². The average molecular weight is 803 g/mol. The molecule has 0 bridgehead atoms. The van der Waals surface area contributed by atoms with Crippen molar-refractivity contribution >= 4 is 90.1 Å². The fourth-order valence-corrected chi connectivity index (χ4v) is 9.20. The number of halogens is 4. The van der Waals surface area contributed by atoms with Crippen LogP contribution in [0, 0.1) is 43.4 Å². The van der Waals surface area contributed by atoms with Crippen LogP contribution in [-0.4, -0.2) is 35.8 Å². The lowest BCUT2D eigenvalue weighted by atomic mass is 9.57. The first-order chi connectivity index (χ1) is 22.3. The second kappa shape index (κ2) is 11.8. The summed E-state index contributed by atoms with van der Waals surface area (Å²) in [4.78, 5) is 59.3. The number of hydrogen-bond acceptors (Lipinski definition) is 6. The van der Waals surface area contributed by atoms with Crippen LogP contribution in [0.4, 0.5) is 11.4 Å². The molecule has 3 aromatic rings. The third-order valence-electron chi connectivity index (χ3n) is 10.2. The molecule has 4 aliphatic rings. The summed E-state index contributed by atoms with van der Waals surface area (Å²) in [5.74, 6) is -5.53. The molecule has 2 aliphatic carbocycles. The van der Waals surface area contributed by atoms with Crippen molar-refractivity contribution in [2.24, 2.45) is 29.6 Å². The number of allylic oxidation sites excluding steroid dienone is 2. The summed E-state index contributed by atoms with van der Waals surface area (Å²) in [7, 11) is 1.43. The topological polar surface area (TPSA) is 104 Å². The van der Waals surface area contributed by atoms with Crippen molar-refractivity contribution in [2.75, 3.05) is 16.9 Å². The zero-order valence-electron chi connectivity index (χ0n) is 25.4. The number of nitrogens with zero attached hydrogens (tertiary/aromatic N) is 2. The first-order valence-corrected chi connectivity index (χ1v) is 17.4. The van der Waals surface area contributed by atoms with Crippen LogP contribution in [-0.2, 0) is 19.2 Å². The van der Waals surface area contributed by atoms with Crippen LogP contribution in [0.15, 0.2) is 63.1 Å². The zero-order chi connectivity index (χ0) is 33.6. The molecule has 242 valence electrons. The van der Waals surface area contributed by atoms with Crippen LogP contribution in [0.2, 0.25) is 10.0 Å². The van der Waals surface area contributed by atoms with Gasteiger partial charge in [0.25, 0.3) is 0 Å². The third kappa shape index (κ3) is 4.81. The van der Waals surface area contributed by atoms with Gasteiger partial charge in [-0.25, -0.2) is 9.80 Å². The molecule has 0 spiro atoms. The number of benzene rings is 3. The highest BCUT2D eigenvalue weighted by Crippen LogP contribution is 2.60. The van der Waals surface area contributed by atoms with E-state index in [1.807, 2.05) is 19.9 Å². The van der Waals surface area contributed by atoms with Gasteiger partial charge in [-0.3, -0.25) is 19.2 Å². The van der Waals surface area contributed by atoms with Gasteiger partial charge in [0, 0.05) is 20.4 Å². The van der Waals surface area contributed by atoms with Crippen molar-refractivity contribution < 1.29 is 29.0 Å². The lowest BCUT2D eigenvalue weighted by molar-refractivity contribution is -0.126. The quantitative estimate of drug-likeness (QED) is 0.213. The van der Waals surface area contributed by atoms with E-state index < -0.39 is 35.5 Å². The fraction of sp³-hybridized carbons (Fsp3) is 0.314. The minimum atomic E-state index is -0.821. The van der Waals surface area contributed by atoms with Crippen molar-refractivity contribution in [1.82, 2.24) is 0 Å². The monoisotopic (exact) mass is 800 g/mol. The molecule has 2 aliphatic heterocycles. The maximum Gasteiger partial charge on any atom is 0.238 e. The number of phenols is 1. The first kappa shape index (κ1) is 32.4. The number of anilines is 2. The molecule has 0 radical (unpaired) electrons. The Bertz CT molecular complexity index is 1960. The standard InChI is InChI=1S/C35H28Br2Cl2N2O6/c1-14-4-6-16(10-23(14)38)40-32(43)19-9-8-18-20(27(19)34(40)45)12-22-28(26(18)21-13-25(47-3)31(42)30(37)29(21)36)35(46)41(33(22)44)17-7-5-15(2)24(39)11-17/h4-8,10-11,13,19-20,22,26-28,42H,9,12H2,1-3H3/t19-,20+,22+,26+,27-,28+/m0/s1. The molecule has 2 saturated heterocycles. The average Bonchev–Trinajstić information content (AvgIpc) is 3.45. The van der Waals surface area contributed by atoms with Crippen molar-refractivity contribution in [3.05, 3.63) is 89.8 Å². The SMILES string of the molecule is COc1cc([C@H]2C3=CC[C@@H]4C(=O)N(c5ccc(C)c(Cl)c5)C(=O)[C@@H]4[C@@H]3C[C@H]3C(=O)N(c4ccc(C)c(Cl)c4)C(=O)[C@@H]23)c(Br)c(Br)c1O. The maximum absolute atomic E-state index is 14.4. The number of hydrogen-bond donors (Lipinski definition) is 1. The van der Waals surface area contributed by atoms with Crippen molar-refractivity contribution in [2.45, 2.75) is 32.6 Å². The van der Waals surface area contributed by atoms with E-state index in [0.717, 1.165) is 16.7 Å². The predicted octanol–water partition coefficient (Wildman–Crippen LogP) is 7.89. The number of amides is 4. The number of ether oxygens (including phenoxy) is 1. The molecule has 0 unspecified atom stereocenters. The summed E-state index contributed by atoms with van der Waals surface area (Å²) in [5.41, 5.74) is 3.82. The zero-order valence-corrected chi connectivity index (χ0v) is 30.1. The number of rotatable bonds is 4. The van der Waals surface area contributed by atoms with E-state index in [2.05, 4.69) is 31.9 Å². The van der Waals surface area contributed by atoms with Crippen LogP contribution in [0.1, 0.15) is 35.4 Å². The lowest BCUT2D eigenvalue weighted by Crippen LogP contribution is -2.43. The van der Waals surface area contributed by atoms with Crippen LogP contribution >= 0.6 is 55.1 Å².